The molecule has 2 aromatic rings. The molecule has 0 unspecified atom stereocenters. The lowest BCUT2D eigenvalue weighted by atomic mass is 10.1. The normalized spacial score (nSPS) is 16.1. The predicted octanol–water partition coefficient (Wildman–Crippen LogP) is 2.76. The maximum atomic E-state index is 9.36. The molecule has 0 saturated carbocycles. The summed E-state index contributed by atoms with van der Waals surface area (Å²) >= 11 is 1.83. The Kier molecular flexibility index (Phi) is 6.43. The molecule has 0 bridgehead atoms. The van der Waals surface area contributed by atoms with Crippen LogP contribution in [-0.4, -0.2) is 51.1 Å². The fraction of sp³-hybridized carbons (Fsp3) is 0.611. The van der Waals surface area contributed by atoms with Gasteiger partial charge in [0.05, 0.1) is 18.6 Å². The van der Waals surface area contributed by atoms with Crippen LogP contribution in [0.2, 0.25) is 0 Å². The van der Waals surface area contributed by atoms with Crippen molar-refractivity contribution in [2.75, 3.05) is 26.2 Å². The number of imidazole rings is 1. The topological polar surface area (TPSA) is 55.4 Å². The van der Waals surface area contributed by atoms with E-state index in [0.717, 1.165) is 31.0 Å². The fourth-order valence-electron chi connectivity index (χ4n) is 3.30. The number of aliphatic hydroxyl groups is 1. The molecule has 5 nitrogen and oxygen atoms in total. The molecule has 1 aliphatic heterocycles. The van der Waals surface area contributed by atoms with Crippen LogP contribution in [0.3, 0.4) is 0 Å². The molecule has 0 aliphatic carbocycles. The molecule has 0 aromatic carbocycles. The third-order valence-electron chi connectivity index (χ3n) is 4.67. The van der Waals surface area contributed by atoms with Crippen molar-refractivity contribution >= 4 is 11.3 Å². The van der Waals surface area contributed by atoms with Gasteiger partial charge < -0.3 is 10.1 Å². The third kappa shape index (κ3) is 4.89. The summed E-state index contributed by atoms with van der Waals surface area (Å²) in [5.41, 5.74) is 3.60. The maximum absolute atomic E-state index is 9.36. The molecule has 6 heteroatoms. The summed E-state index contributed by atoms with van der Waals surface area (Å²) in [6, 6.07) is 2.33. The Morgan fingerprint density at radius 3 is 2.83 bits per heavy atom. The first kappa shape index (κ1) is 17.6. The highest BCUT2D eigenvalue weighted by atomic mass is 32.1. The maximum Gasteiger partial charge on any atom is 0.0925 e. The van der Waals surface area contributed by atoms with E-state index in [2.05, 4.69) is 31.2 Å². The van der Waals surface area contributed by atoms with Crippen molar-refractivity contribution in [3.05, 3.63) is 39.6 Å². The minimum absolute atomic E-state index is 0.176. The summed E-state index contributed by atoms with van der Waals surface area (Å²) in [5, 5.41) is 11.7. The lowest BCUT2D eigenvalue weighted by Crippen LogP contribution is -2.28. The second-order valence-corrected chi connectivity index (χ2v) is 7.66. The van der Waals surface area contributed by atoms with Crippen LogP contribution in [0.25, 0.3) is 0 Å². The van der Waals surface area contributed by atoms with Crippen LogP contribution in [0.4, 0.5) is 0 Å². The Hall–Kier alpha value is -1.21. The largest absolute Gasteiger partial charge is 0.395 e. The van der Waals surface area contributed by atoms with E-state index < -0.39 is 0 Å². The van der Waals surface area contributed by atoms with Gasteiger partial charge in [-0.3, -0.25) is 9.80 Å². The number of hydrogen-bond acceptors (Lipinski definition) is 5. The van der Waals surface area contributed by atoms with Gasteiger partial charge in [0.15, 0.2) is 0 Å². The Morgan fingerprint density at radius 2 is 2.12 bits per heavy atom. The van der Waals surface area contributed by atoms with Gasteiger partial charge in [0, 0.05) is 36.8 Å². The highest BCUT2D eigenvalue weighted by Crippen LogP contribution is 2.21. The highest BCUT2D eigenvalue weighted by molar-refractivity contribution is 7.10. The van der Waals surface area contributed by atoms with Gasteiger partial charge in [-0.05, 0) is 49.9 Å². The molecule has 24 heavy (non-hydrogen) atoms. The Labute approximate surface area is 148 Å². The van der Waals surface area contributed by atoms with Crippen molar-refractivity contribution in [2.24, 2.45) is 0 Å². The quantitative estimate of drug-likeness (QED) is 0.770. The first-order chi connectivity index (χ1) is 11.7. The van der Waals surface area contributed by atoms with Crippen LogP contribution in [0.5, 0.6) is 0 Å². The van der Waals surface area contributed by atoms with Crippen LogP contribution >= 0.6 is 11.3 Å². The van der Waals surface area contributed by atoms with Crippen molar-refractivity contribution in [1.29, 1.82) is 0 Å². The molecule has 0 atom stereocenters. The third-order valence-corrected chi connectivity index (χ3v) is 5.64. The Bertz CT molecular complexity index is 618. The van der Waals surface area contributed by atoms with Gasteiger partial charge in [0.1, 0.15) is 0 Å². The zero-order valence-corrected chi connectivity index (χ0v) is 15.3. The van der Waals surface area contributed by atoms with Crippen LogP contribution in [0.1, 0.15) is 41.1 Å². The van der Waals surface area contributed by atoms with E-state index in [1.54, 1.807) is 6.33 Å². The van der Waals surface area contributed by atoms with Gasteiger partial charge in [0.2, 0.25) is 0 Å². The number of H-pyrrole nitrogens is 1. The number of aryl methyl sites for hydroxylation is 1. The Balaban J connectivity index is 1.57. The number of nitrogens with zero attached hydrogens (tertiary/aromatic N) is 3. The van der Waals surface area contributed by atoms with Crippen LogP contribution in [0.15, 0.2) is 17.8 Å². The minimum Gasteiger partial charge on any atom is -0.395 e. The monoisotopic (exact) mass is 348 g/mol. The van der Waals surface area contributed by atoms with Crippen molar-refractivity contribution in [3.63, 3.8) is 0 Å². The summed E-state index contributed by atoms with van der Waals surface area (Å²) < 4.78 is 0. The molecule has 132 valence electrons. The predicted molar refractivity (Wildman–Crippen MR) is 98.0 cm³/mol. The number of hydrogen-bond donors (Lipinski definition) is 2. The lowest BCUT2D eigenvalue weighted by molar-refractivity contribution is 0.184. The van der Waals surface area contributed by atoms with Crippen LogP contribution in [0, 0.1) is 6.92 Å². The van der Waals surface area contributed by atoms with Gasteiger partial charge in [-0.1, -0.05) is 6.42 Å². The summed E-state index contributed by atoms with van der Waals surface area (Å²) in [7, 11) is 0. The molecule has 3 rings (SSSR count). The molecular weight excluding hydrogens is 320 g/mol. The van der Waals surface area contributed by atoms with Gasteiger partial charge >= 0.3 is 0 Å². The SMILES string of the molecule is Cc1[nH]cnc1CN(CCO)Cc1cc(CN2CCCCC2)cs1. The lowest BCUT2D eigenvalue weighted by Gasteiger charge is -2.25. The first-order valence-electron chi connectivity index (χ1n) is 8.85. The molecule has 1 saturated heterocycles. The van der Waals surface area contributed by atoms with E-state index >= 15 is 0 Å². The summed E-state index contributed by atoms with van der Waals surface area (Å²) in [4.78, 5) is 13.7. The minimum atomic E-state index is 0.176. The standard InChI is InChI=1S/C18H28N4OS/c1-15-18(20-14-19-15)12-22(7-8-23)11-17-9-16(13-24-17)10-21-5-3-2-4-6-21/h9,13-14,23H,2-8,10-12H2,1H3,(H,19,20). The first-order valence-corrected chi connectivity index (χ1v) is 9.73. The second-order valence-electron chi connectivity index (χ2n) is 6.67. The summed E-state index contributed by atoms with van der Waals surface area (Å²) in [6.45, 7) is 8.09. The molecule has 3 heterocycles. The van der Waals surface area contributed by atoms with Crippen molar-refractivity contribution < 1.29 is 5.11 Å². The second kappa shape index (κ2) is 8.76. The average molecular weight is 349 g/mol. The molecular formula is C18H28N4OS. The van der Waals surface area contributed by atoms with E-state index in [1.807, 2.05) is 18.3 Å². The number of aromatic nitrogens is 2. The zero-order valence-electron chi connectivity index (χ0n) is 14.5. The number of aromatic amines is 1. The van der Waals surface area contributed by atoms with Gasteiger partial charge in [-0.15, -0.1) is 11.3 Å². The number of thiophene rings is 1. The number of aliphatic hydroxyl groups excluding tert-OH is 1. The molecule has 0 spiro atoms. The van der Waals surface area contributed by atoms with Crippen molar-refractivity contribution in [3.8, 4) is 0 Å². The molecule has 0 amide bonds. The Morgan fingerprint density at radius 1 is 1.29 bits per heavy atom. The number of piperidine rings is 1. The van der Waals surface area contributed by atoms with Gasteiger partial charge in [0.25, 0.3) is 0 Å². The average Bonchev–Trinajstić information content (AvgIpc) is 3.18. The van der Waals surface area contributed by atoms with Crippen molar-refractivity contribution in [1.82, 2.24) is 19.8 Å². The number of rotatable bonds is 8. The van der Waals surface area contributed by atoms with Crippen LogP contribution in [-0.2, 0) is 19.6 Å². The number of likely N-dealkylation sites (tertiary alicyclic amines) is 1. The van der Waals surface area contributed by atoms with Crippen LogP contribution < -0.4 is 0 Å². The molecule has 2 N–H and O–H groups in total. The van der Waals surface area contributed by atoms with Crippen molar-refractivity contribution in [2.45, 2.75) is 45.8 Å². The van der Waals surface area contributed by atoms with Gasteiger partial charge in [-0.25, -0.2) is 4.98 Å². The summed E-state index contributed by atoms with van der Waals surface area (Å²) in [6.07, 6.45) is 5.80. The van der Waals surface area contributed by atoms with E-state index in [9.17, 15) is 5.11 Å². The fourth-order valence-corrected chi connectivity index (χ4v) is 4.22. The molecule has 0 radical (unpaired) electrons. The van der Waals surface area contributed by atoms with E-state index in [0.29, 0.717) is 6.54 Å². The van der Waals surface area contributed by atoms with E-state index in [-0.39, 0.29) is 6.61 Å². The van der Waals surface area contributed by atoms with E-state index in [1.165, 1.54) is 42.8 Å². The molecule has 1 aliphatic rings. The zero-order chi connectivity index (χ0) is 16.8. The highest BCUT2D eigenvalue weighted by Gasteiger charge is 2.14. The molecule has 2 aromatic heterocycles. The van der Waals surface area contributed by atoms with E-state index in [4.69, 9.17) is 0 Å². The smallest absolute Gasteiger partial charge is 0.0925 e. The van der Waals surface area contributed by atoms with Gasteiger partial charge in [-0.2, -0.15) is 0 Å². The molecule has 1 fully saturated rings. The number of nitrogens with one attached hydrogen (secondary N) is 1. The summed E-state index contributed by atoms with van der Waals surface area (Å²) in [5.74, 6) is 0.